The van der Waals surface area contributed by atoms with Gasteiger partial charge in [0.1, 0.15) is 12.4 Å². The highest BCUT2D eigenvalue weighted by atomic mass is 35.5. The summed E-state index contributed by atoms with van der Waals surface area (Å²) >= 11 is 6.24. The van der Waals surface area contributed by atoms with Crippen molar-refractivity contribution in [3.8, 4) is 16.9 Å². The SMILES string of the molecule is O=c1[nH]cncc1-c1ccc(OCc2ccccc2)c(Cl)c1. The maximum atomic E-state index is 11.8. The first kappa shape index (κ1) is 14.4. The molecule has 5 heteroatoms. The highest BCUT2D eigenvalue weighted by molar-refractivity contribution is 6.32. The number of benzene rings is 2. The van der Waals surface area contributed by atoms with Crippen molar-refractivity contribution in [2.75, 3.05) is 0 Å². The molecule has 3 aromatic rings. The van der Waals surface area contributed by atoms with Gasteiger partial charge in [-0.2, -0.15) is 0 Å². The third-order valence-corrected chi connectivity index (χ3v) is 3.49. The van der Waals surface area contributed by atoms with Gasteiger partial charge in [0.2, 0.25) is 0 Å². The van der Waals surface area contributed by atoms with Gasteiger partial charge in [0.05, 0.1) is 16.9 Å². The molecular formula is C17H13ClN2O2. The second-order valence-corrected chi connectivity index (χ2v) is 5.12. The fourth-order valence-corrected chi connectivity index (χ4v) is 2.31. The zero-order chi connectivity index (χ0) is 15.4. The summed E-state index contributed by atoms with van der Waals surface area (Å²) < 4.78 is 5.71. The average Bonchev–Trinajstić information content (AvgIpc) is 2.55. The van der Waals surface area contributed by atoms with Crippen LogP contribution in [-0.2, 0) is 6.61 Å². The second-order valence-electron chi connectivity index (χ2n) is 4.71. The van der Waals surface area contributed by atoms with Crippen LogP contribution in [0.3, 0.4) is 0 Å². The lowest BCUT2D eigenvalue weighted by Gasteiger charge is -2.09. The first-order valence-electron chi connectivity index (χ1n) is 6.73. The number of halogens is 1. The number of hydrogen-bond acceptors (Lipinski definition) is 3. The van der Waals surface area contributed by atoms with Gasteiger partial charge in [-0.15, -0.1) is 0 Å². The summed E-state index contributed by atoms with van der Waals surface area (Å²) in [6, 6.07) is 15.1. The lowest BCUT2D eigenvalue weighted by molar-refractivity contribution is 0.306. The quantitative estimate of drug-likeness (QED) is 0.799. The molecule has 4 nitrogen and oxygen atoms in total. The zero-order valence-electron chi connectivity index (χ0n) is 11.6. The minimum absolute atomic E-state index is 0.205. The van der Waals surface area contributed by atoms with E-state index in [1.54, 1.807) is 18.2 Å². The lowest BCUT2D eigenvalue weighted by Crippen LogP contribution is -2.08. The molecule has 0 spiro atoms. The Morgan fingerprint density at radius 3 is 2.68 bits per heavy atom. The maximum Gasteiger partial charge on any atom is 0.258 e. The van der Waals surface area contributed by atoms with E-state index in [0.29, 0.717) is 28.5 Å². The van der Waals surface area contributed by atoms with Gasteiger partial charge in [-0.1, -0.05) is 48.0 Å². The van der Waals surface area contributed by atoms with Crippen molar-refractivity contribution >= 4 is 11.6 Å². The first-order valence-corrected chi connectivity index (χ1v) is 7.11. The van der Waals surface area contributed by atoms with Gasteiger partial charge >= 0.3 is 0 Å². The molecule has 2 aromatic carbocycles. The van der Waals surface area contributed by atoms with E-state index in [0.717, 1.165) is 5.56 Å². The molecule has 0 fully saturated rings. The number of H-pyrrole nitrogens is 1. The summed E-state index contributed by atoms with van der Waals surface area (Å²) in [4.78, 5) is 18.2. The van der Waals surface area contributed by atoms with E-state index in [1.165, 1.54) is 12.5 Å². The minimum atomic E-state index is -0.205. The number of hydrogen-bond donors (Lipinski definition) is 1. The number of aromatic nitrogens is 2. The van der Waals surface area contributed by atoms with Crippen LogP contribution in [0.15, 0.2) is 65.8 Å². The zero-order valence-corrected chi connectivity index (χ0v) is 12.4. The Morgan fingerprint density at radius 1 is 1.14 bits per heavy atom. The van der Waals surface area contributed by atoms with Crippen LogP contribution in [0.5, 0.6) is 5.75 Å². The van der Waals surface area contributed by atoms with Crippen molar-refractivity contribution in [1.82, 2.24) is 9.97 Å². The van der Waals surface area contributed by atoms with Crippen LogP contribution in [0.2, 0.25) is 5.02 Å². The molecule has 0 unspecified atom stereocenters. The predicted molar refractivity (Wildman–Crippen MR) is 86.1 cm³/mol. The van der Waals surface area contributed by atoms with Gasteiger partial charge in [-0.25, -0.2) is 4.98 Å². The molecule has 3 rings (SSSR count). The van der Waals surface area contributed by atoms with Crippen molar-refractivity contribution < 1.29 is 4.74 Å². The van der Waals surface area contributed by atoms with Crippen LogP contribution in [0.4, 0.5) is 0 Å². The molecule has 1 aromatic heterocycles. The molecule has 0 radical (unpaired) electrons. The Morgan fingerprint density at radius 2 is 1.95 bits per heavy atom. The number of aromatic amines is 1. The minimum Gasteiger partial charge on any atom is -0.487 e. The Labute approximate surface area is 132 Å². The third-order valence-electron chi connectivity index (χ3n) is 3.20. The van der Waals surface area contributed by atoms with Crippen LogP contribution in [0, 0.1) is 0 Å². The number of nitrogens with one attached hydrogen (secondary N) is 1. The van der Waals surface area contributed by atoms with E-state index in [4.69, 9.17) is 16.3 Å². The second kappa shape index (κ2) is 6.45. The third kappa shape index (κ3) is 3.18. The lowest BCUT2D eigenvalue weighted by atomic mass is 10.1. The van der Waals surface area contributed by atoms with Gasteiger partial charge in [0, 0.05) is 6.20 Å². The van der Waals surface area contributed by atoms with Crippen molar-refractivity contribution in [1.29, 1.82) is 0 Å². The van der Waals surface area contributed by atoms with Crippen LogP contribution < -0.4 is 10.3 Å². The van der Waals surface area contributed by atoms with Crippen LogP contribution in [0.1, 0.15) is 5.56 Å². The summed E-state index contributed by atoms with van der Waals surface area (Å²) in [6.45, 7) is 0.438. The molecule has 110 valence electrons. The molecule has 1 N–H and O–H groups in total. The molecule has 22 heavy (non-hydrogen) atoms. The summed E-state index contributed by atoms with van der Waals surface area (Å²) in [5.74, 6) is 0.578. The predicted octanol–water partition coefficient (Wildman–Crippen LogP) is 3.67. The van der Waals surface area contributed by atoms with E-state index >= 15 is 0 Å². The Balaban J connectivity index is 1.81. The summed E-state index contributed by atoms with van der Waals surface area (Å²) in [7, 11) is 0. The topological polar surface area (TPSA) is 55.0 Å². The van der Waals surface area contributed by atoms with E-state index in [1.807, 2.05) is 30.3 Å². The summed E-state index contributed by atoms with van der Waals surface area (Å²) in [6.07, 6.45) is 2.86. The number of ether oxygens (including phenoxy) is 1. The highest BCUT2D eigenvalue weighted by Gasteiger charge is 2.08. The van der Waals surface area contributed by atoms with Crippen molar-refractivity contribution in [3.05, 3.63) is 82.0 Å². The molecule has 0 aliphatic carbocycles. The smallest absolute Gasteiger partial charge is 0.258 e. The standard InChI is InChI=1S/C17H13ClN2O2/c18-15-8-13(14-9-19-11-20-17(14)21)6-7-16(15)22-10-12-4-2-1-3-5-12/h1-9,11H,10H2,(H,19,20,21). The normalized spacial score (nSPS) is 10.4. The van der Waals surface area contributed by atoms with E-state index < -0.39 is 0 Å². The van der Waals surface area contributed by atoms with Crippen molar-refractivity contribution in [3.63, 3.8) is 0 Å². The summed E-state index contributed by atoms with van der Waals surface area (Å²) in [5, 5.41) is 0.455. The van der Waals surface area contributed by atoms with Gasteiger partial charge in [-0.05, 0) is 23.3 Å². The van der Waals surface area contributed by atoms with E-state index in [9.17, 15) is 4.79 Å². The molecule has 0 aliphatic rings. The largest absolute Gasteiger partial charge is 0.487 e. The van der Waals surface area contributed by atoms with Crippen molar-refractivity contribution in [2.45, 2.75) is 6.61 Å². The van der Waals surface area contributed by atoms with E-state index in [-0.39, 0.29) is 5.56 Å². The van der Waals surface area contributed by atoms with Gasteiger partial charge < -0.3 is 9.72 Å². The van der Waals surface area contributed by atoms with Gasteiger partial charge in [-0.3, -0.25) is 4.79 Å². The molecule has 0 saturated carbocycles. The fourth-order valence-electron chi connectivity index (χ4n) is 2.07. The number of nitrogens with zero attached hydrogens (tertiary/aromatic N) is 1. The molecule has 0 bridgehead atoms. The monoisotopic (exact) mass is 312 g/mol. The Bertz CT molecular complexity index is 831. The van der Waals surface area contributed by atoms with E-state index in [2.05, 4.69) is 9.97 Å². The molecular weight excluding hydrogens is 300 g/mol. The molecule has 1 heterocycles. The average molecular weight is 313 g/mol. The fraction of sp³-hybridized carbons (Fsp3) is 0.0588. The Hall–Kier alpha value is -2.59. The first-order chi connectivity index (χ1) is 10.7. The van der Waals surface area contributed by atoms with Gasteiger partial charge in [0.25, 0.3) is 5.56 Å². The van der Waals surface area contributed by atoms with Crippen LogP contribution in [0.25, 0.3) is 11.1 Å². The molecule has 0 atom stereocenters. The molecule has 0 amide bonds. The molecule has 0 saturated heterocycles. The van der Waals surface area contributed by atoms with Crippen molar-refractivity contribution in [2.24, 2.45) is 0 Å². The maximum absolute atomic E-state index is 11.8. The van der Waals surface area contributed by atoms with Crippen LogP contribution >= 0.6 is 11.6 Å². The van der Waals surface area contributed by atoms with Gasteiger partial charge in [0.15, 0.2) is 0 Å². The highest BCUT2D eigenvalue weighted by Crippen LogP contribution is 2.29. The van der Waals surface area contributed by atoms with Crippen LogP contribution in [-0.4, -0.2) is 9.97 Å². The Kier molecular flexibility index (Phi) is 4.21. The molecule has 0 aliphatic heterocycles. The number of rotatable bonds is 4. The summed E-state index contributed by atoms with van der Waals surface area (Å²) in [5.41, 5.74) is 2.03.